The average molecular weight is 302 g/mol. The molecule has 1 nitrogen and oxygen atoms in total. The third-order valence-electron chi connectivity index (χ3n) is 0.856. The fourth-order valence-electron chi connectivity index (χ4n) is 0.314. The van der Waals surface area contributed by atoms with Crippen LogP contribution in [-0.4, -0.2) is 22.2 Å². The molecule has 6 heteroatoms. The normalized spacial score (nSPS) is 19.9. The Hall–Kier alpha value is 2.00. The van der Waals surface area contributed by atoms with Crippen LogP contribution in [0.25, 0.3) is 0 Å². The van der Waals surface area contributed by atoms with Crippen molar-refractivity contribution in [2.45, 2.75) is 16.3 Å². The van der Waals surface area contributed by atoms with Gasteiger partial charge in [0.2, 0.25) is 0 Å². The van der Waals surface area contributed by atoms with E-state index in [-0.39, 0.29) is 11.3 Å². The Labute approximate surface area is 95.8 Å². The molecule has 0 rings (SSSR count). The summed E-state index contributed by atoms with van der Waals surface area (Å²) in [5.74, 6) is 0.276. The fraction of sp³-hybridized carbons (Fsp3) is 1.00. The Kier molecular flexibility index (Phi) is 7.82. The molecule has 0 bridgehead atoms. The average Bonchev–Trinajstić information content (AvgIpc) is 2.00. The summed E-state index contributed by atoms with van der Waals surface area (Å²) in [6.45, 7) is 0. The Bertz CT molecular complexity index is 83.3. The van der Waals surface area contributed by atoms with E-state index in [1.165, 1.54) is 0 Å². The second kappa shape index (κ2) is 6.51. The Balaban J connectivity index is 3.69. The van der Waals surface area contributed by atoms with Gasteiger partial charge >= 0.3 is 96.6 Å². The van der Waals surface area contributed by atoms with Crippen molar-refractivity contribution in [2.75, 3.05) is 5.88 Å². The predicted molar refractivity (Wildman–Crippen MR) is 40.7 cm³/mol. The molecule has 0 aromatic carbocycles. The van der Waals surface area contributed by atoms with Crippen LogP contribution < -0.4 is 0 Å². The van der Waals surface area contributed by atoms with Gasteiger partial charge in [0.05, 0.1) is 0 Å². The van der Waals surface area contributed by atoms with Gasteiger partial charge < -0.3 is 0 Å². The van der Waals surface area contributed by atoms with Crippen molar-refractivity contribution in [2.24, 2.45) is 0 Å². The topological polar surface area (TPSA) is 9.23 Å². The number of alkyl halides is 4. The SMILES string of the molecule is ClCC(Cl)C(Cl)C(Cl)[O][Zr]. The summed E-state index contributed by atoms with van der Waals surface area (Å²) < 4.78 is 4.82. The van der Waals surface area contributed by atoms with Crippen LogP contribution in [0, 0.1) is 0 Å². The van der Waals surface area contributed by atoms with Crippen molar-refractivity contribution >= 4 is 46.4 Å². The first kappa shape index (κ1) is 12.0. The molecule has 0 aromatic heterocycles. The summed E-state index contributed by atoms with van der Waals surface area (Å²) in [5.41, 5.74) is -0.541. The van der Waals surface area contributed by atoms with Crippen molar-refractivity contribution in [1.29, 1.82) is 0 Å². The molecular weight excluding hydrogens is 297 g/mol. The summed E-state index contributed by atoms with van der Waals surface area (Å²) in [5, 5.41) is -0.772. The van der Waals surface area contributed by atoms with Gasteiger partial charge in [0.15, 0.2) is 0 Å². The first-order valence-electron chi connectivity index (χ1n) is 2.44. The first-order valence-corrected chi connectivity index (χ1v) is 5.28. The minimum atomic E-state index is -0.541. The molecule has 0 aliphatic carbocycles. The van der Waals surface area contributed by atoms with E-state index in [1.54, 1.807) is 0 Å². The molecule has 59 valence electrons. The molecule has 0 radical (unpaired) electrons. The van der Waals surface area contributed by atoms with E-state index in [4.69, 9.17) is 49.2 Å². The molecule has 0 heterocycles. The van der Waals surface area contributed by atoms with Crippen LogP contribution in [0.3, 0.4) is 0 Å². The predicted octanol–water partition coefficient (Wildman–Crippen LogP) is 2.48. The number of hydrogen-bond acceptors (Lipinski definition) is 1. The molecule has 10 heavy (non-hydrogen) atoms. The van der Waals surface area contributed by atoms with Crippen molar-refractivity contribution in [3.05, 3.63) is 0 Å². The molecule has 0 saturated carbocycles. The second-order valence-electron chi connectivity index (χ2n) is 1.58. The van der Waals surface area contributed by atoms with Gasteiger partial charge in [-0.2, -0.15) is 0 Å². The van der Waals surface area contributed by atoms with Crippen LogP contribution in [0.1, 0.15) is 0 Å². The maximum atomic E-state index is 5.72. The van der Waals surface area contributed by atoms with Crippen LogP contribution in [0.2, 0.25) is 0 Å². The molecule has 0 aromatic rings. The first-order chi connectivity index (χ1) is 4.63. The van der Waals surface area contributed by atoms with E-state index in [9.17, 15) is 0 Å². The van der Waals surface area contributed by atoms with E-state index in [0.29, 0.717) is 0 Å². The summed E-state index contributed by atoms with van der Waals surface area (Å²) in [4.78, 5) is 0. The molecule has 0 N–H and O–H groups in total. The number of rotatable bonds is 4. The fourth-order valence-corrected chi connectivity index (χ4v) is 1.69. The van der Waals surface area contributed by atoms with Gasteiger partial charge in [0.1, 0.15) is 0 Å². The van der Waals surface area contributed by atoms with Crippen molar-refractivity contribution in [3.8, 4) is 0 Å². The monoisotopic (exact) mass is 299 g/mol. The van der Waals surface area contributed by atoms with Gasteiger partial charge in [-0.3, -0.25) is 0 Å². The standard InChI is InChI=1S/C4H5Cl4O.Zr/c5-1-2(6)3(7)4(8)9;/h2-4H,1H2;/q-1;+1. The molecule has 3 atom stereocenters. The molecule has 0 spiro atoms. The van der Waals surface area contributed by atoms with Crippen molar-refractivity contribution in [1.82, 2.24) is 0 Å². The number of hydrogen-bond donors (Lipinski definition) is 0. The summed E-state index contributed by atoms with van der Waals surface area (Å²) in [6.07, 6.45) is 0. The van der Waals surface area contributed by atoms with Crippen molar-refractivity contribution < 1.29 is 28.0 Å². The zero-order chi connectivity index (χ0) is 8.15. The Morgan fingerprint density at radius 3 is 2.10 bits per heavy atom. The Morgan fingerprint density at radius 2 is 1.80 bits per heavy atom. The molecule has 0 amide bonds. The van der Waals surface area contributed by atoms with E-state index in [1.807, 2.05) is 0 Å². The van der Waals surface area contributed by atoms with Crippen LogP contribution in [-0.2, 0) is 28.0 Å². The van der Waals surface area contributed by atoms with Crippen LogP contribution in [0.5, 0.6) is 0 Å². The summed E-state index contributed by atoms with van der Waals surface area (Å²) >= 11 is 23.3. The van der Waals surface area contributed by atoms with Crippen molar-refractivity contribution in [3.63, 3.8) is 0 Å². The van der Waals surface area contributed by atoms with Crippen LogP contribution in [0.4, 0.5) is 0 Å². The van der Waals surface area contributed by atoms with E-state index < -0.39 is 10.9 Å². The van der Waals surface area contributed by atoms with Crippen LogP contribution >= 0.6 is 46.4 Å². The Morgan fingerprint density at radius 1 is 1.30 bits per heavy atom. The summed E-state index contributed by atoms with van der Waals surface area (Å²) in [7, 11) is 0. The third kappa shape index (κ3) is 4.13. The molecule has 0 fully saturated rings. The molecular formula is C4H5Cl4OZr. The van der Waals surface area contributed by atoms with E-state index in [2.05, 4.69) is 0 Å². The van der Waals surface area contributed by atoms with Gasteiger partial charge in [0, 0.05) is 0 Å². The van der Waals surface area contributed by atoms with Gasteiger partial charge in [-0.15, -0.1) is 0 Å². The van der Waals surface area contributed by atoms with Gasteiger partial charge in [0.25, 0.3) is 0 Å². The number of halogens is 4. The van der Waals surface area contributed by atoms with E-state index >= 15 is 0 Å². The molecule has 0 aliphatic heterocycles. The maximum absolute atomic E-state index is 5.72. The van der Waals surface area contributed by atoms with Gasteiger partial charge in [-0.1, -0.05) is 0 Å². The third-order valence-corrected chi connectivity index (χ3v) is 3.92. The molecule has 0 saturated heterocycles. The summed E-state index contributed by atoms with van der Waals surface area (Å²) in [6, 6.07) is 0. The minimum absolute atomic E-state index is 0.276. The van der Waals surface area contributed by atoms with Gasteiger partial charge in [-0.05, 0) is 0 Å². The molecule has 3 unspecified atom stereocenters. The van der Waals surface area contributed by atoms with E-state index in [0.717, 1.165) is 25.2 Å². The zero-order valence-corrected chi connectivity index (χ0v) is 10.3. The zero-order valence-electron chi connectivity index (χ0n) is 4.86. The van der Waals surface area contributed by atoms with Gasteiger partial charge in [-0.25, -0.2) is 0 Å². The second-order valence-corrected chi connectivity index (χ2v) is 3.97. The quantitative estimate of drug-likeness (QED) is 0.725. The molecule has 0 aliphatic rings. The van der Waals surface area contributed by atoms with Crippen LogP contribution in [0.15, 0.2) is 0 Å².